The van der Waals surface area contributed by atoms with Crippen LogP contribution in [0.15, 0.2) is 60.7 Å². The van der Waals surface area contributed by atoms with Gasteiger partial charge in [0.25, 0.3) is 0 Å². The zero-order valence-corrected chi connectivity index (χ0v) is 19.4. The summed E-state index contributed by atoms with van der Waals surface area (Å²) in [7, 11) is 0. The Kier molecular flexibility index (Phi) is 7.05. The van der Waals surface area contributed by atoms with Crippen LogP contribution in [0.25, 0.3) is 10.8 Å². The van der Waals surface area contributed by atoms with Crippen molar-refractivity contribution in [3.05, 3.63) is 77.6 Å². The Hall–Kier alpha value is -2.12. The monoisotopic (exact) mass is 454 g/mol. The number of nitrogens with zero attached hydrogens (tertiary/aromatic N) is 1. The molecule has 170 valence electrons. The molecule has 1 fully saturated rings. The summed E-state index contributed by atoms with van der Waals surface area (Å²) in [4.78, 5) is 2.11. The number of β-amino-alcohol motifs (C(OH)–C–C–N with tert-alkyl or cyclic N) is 1. The van der Waals surface area contributed by atoms with E-state index in [0.717, 1.165) is 18.1 Å². The number of hydrogen-bond acceptors (Lipinski definition) is 5. The van der Waals surface area contributed by atoms with E-state index in [-0.39, 0.29) is 17.3 Å². The lowest BCUT2D eigenvalue weighted by Crippen LogP contribution is -2.50. The average molecular weight is 455 g/mol. The van der Waals surface area contributed by atoms with Gasteiger partial charge in [0.1, 0.15) is 0 Å². The molecular formula is C26H31FN2O2S. The van der Waals surface area contributed by atoms with Crippen LogP contribution < -0.4 is 5.32 Å². The molecule has 0 amide bonds. The van der Waals surface area contributed by atoms with Crippen molar-refractivity contribution in [1.82, 2.24) is 10.2 Å². The van der Waals surface area contributed by atoms with Crippen LogP contribution >= 0.6 is 11.8 Å². The third kappa shape index (κ3) is 5.44. The van der Waals surface area contributed by atoms with E-state index in [1.807, 2.05) is 0 Å². The van der Waals surface area contributed by atoms with Crippen molar-refractivity contribution in [3.63, 3.8) is 0 Å². The Labute approximate surface area is 193 Å². The molecular weight excluding hydrogens is 423 g/mol. The minimum absolute atomic E-state index is 0.0494. The van der Waals surface area contributed by atoms with Crippen molar-refractivity contribution in [3.8, 4) is 5.75 Å². The molecule has 3 aromatic rings. The van der Waals surface area contributed by atoms with Gasteiger partial charge in [0.2, 0.25) is 0 Å². The highest BCUT2D eigenvalue weighted by Crippen LogP contribution is 2.29. The maximum absolute atomic E-state index is 13.7. The fourth-order valence-corrected chi connectivity index (χ4v) is 5.65. The third-order valence-electron chi connectivity index (χ3n) is 6.15. The fraction of sp³-hybridized carbons (Fsp3) is 0.385. The molecule has 4 nitrogen and oxygen atoms in total. The Balaban J connectivity index is 1.35. The molecule has 1 aliphatic heterocycles. The smallest absolute Gasteiger partial charge is 0.165 e. The second-order valence-electron chi connectivity index (χ2n) is 9.25. The SMILES string of the molecule is CC(C)(Cc1ccc2ccccc2c1)NC[C@H](O)[C@H]1CSCN1Cc1cccc(F)c1O. The lowest BCUT2D eigenvalue weighted by atomic mass is 9.93. The van der Waals surface area contributed by atoms with Gasteiger partial charge in [-0.1, -0.05) is 54.6 Å². The molecule has 4 rings (SSSR count). The second-order valence-corrected chi connectivity index (χ2v) is 10.3. The van der Waals surface area contributed by atoms with Gasteiger partial charge in [-0.05, 0) is 42.7 Å². The van der Waals surface area contributed by atoms with Gasteiger partial charge in [-0.2, -0.15) is 0 Å². The molecule has 0 aliphatic carbocycles. The Bertz CT molecular complexity index is 1070. The largest absolute Gasteiger partial charge is 0.505 e. The van der Waals surface area contributed by atoms with Crippen LogP contribution in [0.4, 0.5) is 4.39 Å². The first-order valence-corrected chi connectivity index (χ1v) is 12.2. The molecule has 0 bridgehead atoms. The molecule has 3 N–H and O–H groups in total. The van der Waals surface area contributed by atoms with Gasteiger partial charge < -0.3 is 15.5 Å². The number of nitrogens with one attached hydrogen (secondary N) is 1. The minimum atomic E-state index is -0.608. The van der Waals surface area contributed by atoms with Crippen LogP contribution in [0, 0.1) is 5.82 Å². The summed E-state index contributed by atoms with van der Waals surface area (Å²) >= 11 is 1.75. The number of aliphatic hydroxyl groups is 1. The van der Waals surface area contributed by atoms with Crippen molar-refractivity contribution in [2.75, 3.05) is 18.2 Å². The first kappa shape index (κ1) is 23.1. The van der Waals surface area contributed by atoms with E-state index in [1.165, 1.54) is 22.4 Å². The molecule has 1 heterocycles. The highest BCUT2D eigenvalue weighted by molar-refractivity contribution is 7.99. The molecule has 0 radical (unpaired) electrons. The molecule has 0 spiro atoms. The summed E-state index contributed by atoms with van der Waals surface area (Å²) in [6.45, 7) is 5.19. The molecule has 3 aromatic carbocycles. The van der Waals surface area contributed by atoms with Gasteiger partial charge in [-0.3, -0.25) is 4.90 Å². The molecule has 0 unspecified atom stereocenters. The fourth-order valence-electron chi connectivity index (χ4n) is 4.35. The number of rotatable bonds is 8. The van der Waals surface area contributed by atoms with Crippen LogP contribution in [0.1, 0.15) is 25.0 Å². The average Bonchev–Trinajstić information content (AvgIpc) is 3.23. The van der Waals surface area contributed by atoms with Gasteiger partial charge in [0.05, 0.1) is 6.10 Å². The Morgan fingerprint density at radius 2 is 1.91 bits per heavy atom. The summed E-state index contributed by atoms with van der Waals surface area (Å²) in [5.74, 6) is 0.651. The number of phenolic OH excluding ortho intramolecular Hbond substituents is 1. The van der Waals surface area contributed by atoms with Crippen LogP contribution in [0.2, 0.25) is 0 Å². The summed E-state index contributed by atoms with van der Waals surface area (Å²) < 4.78 is 13.7. The molecule has 1 saturated heterocycles. The quantitative estimate of drug-likeness (QED) is 0.467. The topological polar surface area (TPSA) is 55.7 Å². The lowest BCUT2D eigenvalue weighted by molar-refractivity contribution is 0.0680. The summed E-state index contributed by atoms with van der Waals surface area (Å²) in [5, 5.41) is 27.0. The normalized spacial score (nSPS) is 18.3. The van der Waals surface area contributed by atoms with Crippen LogP contribution in [0.3, 0.4) is 0 Å². The number of fused-ring (bicyclic) bond motifs is 1. The molecule has 6 heteroatoms. The number of hydrogen-bond donors (Lipinski definition) is 3. The van der Waals surface area contributed by atoms with Crippen molar-refractivity contribution in [1.29, 1.82) is 0 Å². The molecule has 2 atom stereocenters. The number of phenols is 1. The van der Waals surface area contributed by atoms with E-state index < -0.39 is 11.9 Å². The van der Waals surface area contributed by atoms with Crippen molar-refractivity contribution in [2.45, 2.75) is 44.5 Å². The summed E-state index contributed by atoms with van der Waals surface area (Å²) in [5.41, 5.74) is 1.63. The lowest BCUT2D eigenvalue weighted by Gasteiger charge is -2.32. The number of halogens is 1. The predicted molar refractivity (Wildman–Crippen MR) is 130 cm³/mol. The van der Waals surface area contributed by atoms with Gasteiger partial charge in [-0.25, -0.2) is 4.39 Å². The summed E-state index contributed by atoms with van der Waals surface area (Å²) in [6, 6.07) is 19.5. The van der Waals surface area contributed by atoms with E-state index in [4.69, 9.17) is 0 Å². The number of thioether (sulfide) groups is 1. The van der Waals surface area contributed by atoms with E-state index >= 15 is 0 Å². The summed E-state index contributed by atoms with van der Waals surface area (Å²) in [6.07, 6.45) is 0.293. The molecule has 0 aromatic heterocycles. The number of benzene rings is 3. The van der Waals surface area contributed by atoms with E-state index in [9.17, 15) is 14.6 Å². The second kappa shape index (κ2) is 9.79. The predicted octanol–water partition coefficient (Wildman–Crippen LogP) is 4.53. The third-order valence-corrected chi connectivity index (χ3v) is 7.24. The van der Waals surface area contributed by atoms with Crippen LogP contribution in [0.5, 0.6) is 5.75 Å². The maximum atomic E-state index is 13.7. The number of aromatic hydroxyl groups is 1. The van der Waals surface area contributed by atoms with Crippen molar-refractivity contribution < 1.29 is 14.6 Å². The highest BCUT2D eigenvalue weighted by atomic mass is 32.2. The standard InChI is InChI=1S/C26H31FN2O2S/c1-26(2,13-18-10-11-19-6-3-4-7-20(19)12-18)28-14-24(30)23-16-32-17-29(23)15-21-8-5-9-22(27)25(21)31/h3-12,23-24,28,30-31H,13-17H2,1-2H3/t23-,24+/m1/s1. The van der Waals surface area contributed by atoms with Gasteiger partial charge in [-0.15, -0.1) is 11.8 Å². The Morgan fingerprint density at radius 1 is 1.12 bits per heavy atom. The van der Waals surface area contributed by atoms with Crippen molar-refractivity contribution >= 4 is 22.5 Å². The number of para-hydroxylation sites is 1. The zero-order chi connectivity index (χ0) is 22.7. The minimum Gasteiger partial charge on any atom is -0.505 e. The van der Waals surface area contributed by atoms with E-state index in [1.54, 1.807) is 23.9 Å². The maximum Gasteiger partial charge on any atom is 0.165 e. The first-order chi connectivity index (χ1) is 15.3. The van der Waals surface area contributed by atoms with Crippen LogP contribution in [-0.4, -0.2) is 51.0 Å². The molecule has 0 saturated carbocycles. The van der Waals surface area contributed by atoms with Crippen LogP contribution in [-0.2, 0) is 13.0 Å². The van der Waals surface area contributed by atoms with Gasteiger partial charge in [0, 0.05) is 41.9 Å². The van der Waals surface area contributed by atoms with Crippen molar-refractivity contribution in [2.24, 2.45) is 0 Å². The van der Waals surface area contributed by atoms with E-state index in [2.05, 4.69) is 66.5 Å². The highest BCUT2D eigenvalue weighted by Gasteiger charge is 2.32. The number of aliphatic hydroxyl groups excluding tert-OH is 1. The molecule has 32 heavy (non-hydrogen) atoms. The van der Waals surface area contributed by atoms with E-state index in [0.29, 0.717) is 18.7 Å². The van der Waals surface area contributed by atoms with Gasteiger partial charge in [0.15, 0.2) is 11.6 Å². The Morgan fingerprint density at radius 3 is 2.72 bits per heavy atom. The zero-order valence-electron chi connectivity index (χ0n) is 18.6. The first-order valence-electron chi connectivity index (χ1n) is 11.0. The molecule has 1 aliphatic rings. The van der Waals surface area contributed by atoms with Gasteiger partial charge >= 0.3 is 0 Å².